The van der Waals surface area contributed by atoms with Crippen molar-refractivity contribution in [1.29, 1.82) is 0 Å². The molecule has 2 rings (SSSR count). The number of hydrogen-bond donors (Lipinski definition) is 1. The van der Waals surface area contributed by atoms with Gasteiger partial charge in [0, 0.05) is 5.56 Å². The van der Waals surface area contributed by atoms with Gasteiger partial charge in [0.15, 0.2) is 0 Å². The van der Waals surface area contributed by atoms with Crippen LogP contribution in [0, 0.1) is 5.82 Å². The average molecular weight is 252 g/mol. The second-order valence-corrected chi connectivity index (χ2v) is 4.56. The maximum absolute atomic E-state index is 13.1. The predicted molar refractivity (Wildman–Crippen MR) is 65.7 cm³/mol. The number of rotatable bonds is 4. The van der Waals surface area contributed by atoms with E-state index in [-0.39, 0.29) is 5.82 Å². The molecule has 2 nitrogen and oxygen atoms in total. The molecule has 0 saturated carbocycles. The van der Waals surface area contributed by atoms with Crippen LogP contribution in [0.15, 0.2) is 35.0 Å². The fourth-order valence-corrected chi connectivity index (χ4v) is 2.17. The van der Waals surface area contributed by atoms with Crippen LogP contribution in [-0.2, 0) is 6.61 Å². The molecule has 1 heterocycles. The highest BCUT2D eigenvalue weighted by atomic mass is 32.1. The van der Waals surface area contributed by atoms with Crippen LogP contribution in [0.4, 0.5) is 4.39 Å². The zero-order valence-electron chi connectivity index (χ0n) is 9.39. The van der Waals surface area contributed by atoms with Crippen molar-refractivity contribution >= 4 is 11.3 Å². The summed E-state index contributed by atoms with van der Waals surface area (Å²) in [6, 6.07) is 6.14. The fourth-order valence-electron chi connectivity index (χ4n) is 1.51. The van der Waals surface area contributed by atoms with Gasteiger partial charge in [-0.25, -0.2) is 4.39 Å². The largest absolute Gasteiger partial charge is 0.488 e. The molecule has 1 N–H and O–H groups in total. The monoisotopic (exact) mass is 252 g/mol. The van der Waals surface area contributed by atoms with Gasteiger partial charge in [-0.1, -0.05) is 0 Å². The zero-order chi connectivity index (χ0) is 12.3. The summed E-state index contributed by atoms with van der Waals surface area (Å²) in [7, 11) is 0. The molecule has 0 saturated heterocycles. The standard InChI is InChI=1S/C13H13FO2S/c1-9(15)12-6-11(14)2-3-13(12)16-7-10-4-5-17-8-10/h2-6,8-9,15H,7H2,1H3. The zero-order valence-corrected chi connectivity index (χ0v) is 10.2. The van der Waals surface area contributed by atoms with Crippen LogP contribution in [0.25, 0.3) is 0 Å². The summed E-state index contributed by atoms with van der Waals surface area (Å²) >= 11 is 1.60. The van der Waals surface area contributed by atoms with E-state index in [9.17, 15) is 9.50 Å². The second kappa shape index (κ2) is 5.29. The van der Waals surface area contributed by atoms with Crippen molar-refractivity contribution < 1.29 is 14.2 Å². The minimum absolute atomic E-state index is 0.371. The molecule has 17 heavy (non-hydrogen) atoms. The van der Waals surface area contributed by atoms with E-state index in [0.29, 0.717) is 17.9 Å². The minimum Gasteiger partial charge on any atom is -0.488 e. The summed E-state index contributed by atoms with van der Waals surface area (Å²) in [6.07, 6.45) is -0.747. The number of thiophene rings is 1. The van der Waals surface area contributed by atoms with Gasteiger partial charge in [-0.15, -0.1) is 0 Å². The van der Waals surface area contributed by atoms with Gasteiger partial charge >= 0.3 is 0 Å². The molecule has 0 spiro atoms. The number of hydrogen-bond acceptors (Lipinski definition) is 3. The smallest absolute Gasteiger partial charge is 0.125 e. The first-order valence-corrected chi connectivity index (χ1v) is 6.22. The van der Waals surface area contributed by atoms with Gasteiger partial charge in [-0.3, -0.25) is 0 Å². The molecule has 1 aromatic carbocycles. The quantitative estimate of drug-likeness (QED) is 0.902. The Morgan fingerprint density at radius 3 is 2.88 bits per heavy atom. The Labute approximate surface area is 103 Å². The van der Waals surface area contributed by atoms with E-state index in [2.05, 4.69) is 0 Å². The molecule has 0 radical (unpaired) electrons. The molecule has 0 amide bonds. The van der Waals surface area contributed by atoms with Crippen LogP contribution < -0.4 is 4.74 Å². The molecule has 1 atom stereocenters. The van der Waals surface area contributed by atoms with Crippen LogP contribution in [0.2, 0.25) is 0 Å². The van der Waals surface area contributed by atoms with Crippen molar-refractivity contribution in [2.75, 3.05) is 0 Å². The van der Waals surface area contributed by atoms with Gasteiger partial charge < -0.3 is 9.84 Å². The van der Waals surface area contributed by atoms with Crippen molar-refractivity contribution in [2.45, 2.75) is 19.6 Å². The number of benzene rings is 1. The van der Waals surface area contributed by atoms with E-state index in [0.717, 1.165) is 5.56 Å². The van der Waals surface area contributed by atoms with Crippen molar-refractivity contribution in [3.8, 4) is 5.75 Å². The van der Waals surface area contributed by atoms with E-state index in [4.69, 9.17) is 4.74 Å². The van der Waals surface area contributed by atoms with E-state index >= 15 is 0 Å². The molecule has 2 aromatic rings. The van der Waals surface area contributed by atoms with Crippen LogP contribution in [-0.4, -0.2) is 5.11 Å². The molecule has 1 aromatic heterocycles. The maximum atomic E-state index is 13.1. The summed E-state index contributed by atoms with van der Waals surface area (Å²) in [4.78, 5) is 0. The molecule has 0 aliphatic rings. The highest BCUT2D eigenvalue weighted by Gasteiger charge is 2.10. The Balaban J connectivity index is 2.14. The number of aliphatic hydroxyl groups is 1. The molecule has 4 heteroatoms. The van der Waals surface area contributed by atoms with Crippen molar-refractivity contribution in [2.24, 2.45) is 0 Å². The number of halogens is 1. The summed E-state index contributed by atoms with van der Waals surface area (Å²) in [5.74, 6) is 0.149. The highest BCUT2D eigenvalue weighted by Crippen LogP contribution is 2.26. The summed E-state index contributed by atoms with van der Waals surface area (Å²) in [5, 5.41) is 13.5. The first-order valence-electron chi connectivity index (χ1n) is 5.28. The Morgan fingerprint density at radius 2 is 2.24 bits per heavy atom. The van der Waals surface area contributed by atoms with Crippen molar-refractivity contribution in [3.63, 3.8) is 0 Å². The third-order valence-corrected chi connectivity index (χ3v) is 3.13. The highest BCUT2D eigenvalue weighted by molar-refractivity contribution is 7.07. The molecule has 1 unspecified atom stereocenters. The summed E-state index contributed by atoms with van der Waals surface area (Å²) < 4.78 is 18.6. The van der Waals surface area contributed by atoms with Crippen LogP contribution >= 0.6 is 11.3 Å². The van der Waals surface area contributed by atoms with E-state index < -0.39 is 6.10 Å². The van der Waals surface area contributed by atoms with E-state index in [1.54, 1.807) is 24.3 Å². The molecule has 0 bridgehead atoms. The average Bonchev–Trinajstić information content (AvgIpc) is 2.80. The Kier molecular flexibility index (Phi) is 3.76. The number of ether oxygens (including phenoxy) is 1. The Bertz CT molecular complexity index is 480. The minimum atomic E-state index is -0.747. The lowest BCUT2D eigenvalue weighted by molar-refractivity contribution is 0.189. The first-order chi connectivity index (χ1) is 8.16. The van der Waals surface area contributed by atoms with Crippen LogP contribution in [0.1, 0.15) is 24.2 Å². The molecule has 0 fully saturated rings. The van der Waals surface area contributed by atoms with Gasteiger partial charge in [0.05, 0.1) is 6.10 Å². The molecular formula is C13H13FO2S. The molecular weight excluding hydrogens is 239 g/mol. The van der Waals surface area contributed by atoms with Gasteiger partial charge in [0.1, 0.15) is 18.2 Å². The van der Waals surface area contributed by atoms with Crippen LogP contribution in [0.3, 0.4) is 0 Å². The van der Waals surface area contributed by atoms with Crippen molar-refractivity contribution in [3.05, 3.63) is 52.0 Å². The van der Waals surface area contributed by atoms with Crippen molar-refractivity contribution in [1.82, 2.24) is 0 Å². The van der Waals surface area contributed by atoms with E-state index in [1.165, 1.54) is 12.1 Å². The normalized spacial score (nSPS) is 12.4. The van der Waals surface area contributed by atoms with Crippen LogP contribution in [0.5, 0.6) is 5.75 Å². The van der Waals surface area contributed by atoms with Gasteiger partial charge in [0.2, 0.25) is 0 Å². The fraction of sp³-hybridized carbons (Fsp3) is 0.231. The third-order valence-electron chi connectivity index (χ3n) is 2.40. The summed E-state index contributed by atoms with van der Waals surface area (Å²) in [6.45, 7) is 2.01. The van der Waals surface area contributed by atoms with Gasteiger partial charge in [-0.2, -0.15) is 11.3 Å². The first kappa shape index (κ1) is 12.1. The molecule has 0 aliphatic carbocycles. The number of aliphatic hydroxyl groups excluding tert-OH is 1. The lowest BCUT2D eigenvalue weighted by Crippen LogP contribution is -2.01. The Morgan fingerprint density at radius 1 is 1.41 bits per heavy atom. The maximum Gasteiger partial charge on any atom is 0.125 e. The van der Waals surface area contributed by atoms with Gasteiger partial charge in [-0.05, 0) is 47.5 Å². The van der Waals surface area contributed by atoms with Gasteiger partial charge in [0.25, 0.3) is 0 Å². The Hall–Kier alpha value is -1.39. The summed E-state index contributed by atoms with van der Waals surface area (Å²) in [5.41, 5.74) is 1.54. The SMILES string of the molecule is CC(O)c1cc(F)ccc1OCc1ccsc1. The van der Waals surface area contributed by atoms with E-state index in [1.807, 2.05) is 16.8 Å². The lowest BCUT2D eigenvalue weighted by Gasteiger charge is -2.13. The molecule has 90 valence electrons. The third kappa shape index (κ3) is 3.05. The molecule has 0 aliphatic heterocycles. The topological polar surface area (TPSA) is 29.5 Å². The lowest BCUT2D eigenvalue weighted by atomic mass is 10.1. The second-order valence-electron chi connectivity index (χ2n) is 3.78. The predicted octanol–water partition coefficient (Wildman–Crippen LogP) is 3.52.